The van der Waals surface area contributed by atoms with E-state index in [0.29, 0.717) is 13.0 Å². The summed E-state index contributed by atoms with van der Waals surface area (Å²) in [5, 5.41) is 0. The fourth-order valence-electron chi connectivity index (χ4n) is 3.71. The van der Waals surface area contributed by atoms with E-state index in [4.69, 9.17) is 5.73 Å². The van der Waals surface area contributed by atoms with Gasteiger partial charge in [0.2, 0.25) is 0 Å². The van der Waals surface area contributed by atoms with Crippen LogP contribution in [-0.4, -0.2) is 28.0 Å². The van der Waals surface area contributed by atoms with Crippen LogP contribution in [0.2, 0.25) is 0 Å². The molecular formula is C20H26N4O3. The summed E-state index contributed by atoms with van der Waals surface area (Å²) in [5.74, 6) is -0.387. The third-order valence-electron chi connectivity index (χ3n) is 5.09. The zero-order valence-electron chi connectivity index (χ0n) is 16.1. The minimum Gasteiger partial charge on any atom is -0.384 e. The summed E-state index contributed by atoms with van der Waals surface area (Å²) in [5.41, 5.74) is 8.28. The fraction of sp³-hybridized carbons (Fsp3) is 0.450. The summed E-state index contributed by atoms with van der Waals surface area (Å²) in [6, 6.07) is 6.19. The molecule has 1 aliphatic rings. The number of carbonyl (C=O) groups is 1. The fourth-order valence-corrected chi connectivity index (χ4v) is 3.71. The van der Waals surface area contributed by atoms with Crippen LogP contribution in [0.5, 0.6) is 0 Å². The van der Waals surface area contributed by atoms with Crippen molar-refractivity contribution in [3.63, 3.8) is 0 Å². The maximum absolute atomic E-state index is 13.0. The number of aryl methyl sites for hydroxylation is 2. The highest BCUT2D eigenvalue weighted by Crippen LogP contribution is 2.28. The van der Waals surface area contributed by atoms with Crippen molar-refractivity contribution in [1.29, 1.82) is 0 Å². The molecule has 0 unspecified atom stereocenters. The van der Waals surface area contributed by atoms with Gasteiger partial charge in [-0.2, -0.15) is 0 Å². The molecule has 0 atom stereocenters. The van der Waals surface area contributed by atoms with Gasteiger partial charge in [0.15, 0.2) is 5.78 Å². The van der Waals surface area contributed by atoms with Crippen LogP contribution in [0.15, 0.2) is 27.8 Å². The Balaban J connectivity index is 1.99. The lowest BCUT2D eigenvalue weighted by atomic mass is 9.99. The van der Waals surface area contributed by atoms with Gasteiger partial charge in [-0.05, 0) is 37.8 Å². The van der Waals surface area contributed by atoms with Crippen LogP contribution in [0, 0.1) is 6.92 Å². The largest absolute Gasteiger partial charge is 0.384 e. The van der Waals surface area contributed by atoms with E-state index in [1.807, 2.05) is 30.9 Å². The van der Waals surface area contributed by atoms with Gasteiger partial charge in [-0.1, -0.05) is 24.6 Å². The van der Waals surface area contributed by atoms with Crippen molar-refractivity contribution in [2.24, 2.45) is 7.05 Å². The van der Waals surface area contributed by atoms with Crippen molar-refractivity contribution in [2.75, 3.05) is 23.7 Å². The summed E-state index contributed by atoms with van der Waals surface area (Å²) in [4.78, 5) is 39.9. The van der Waals surface area contributed by atoms with Gasteiger partial charge in [0.25, 0.3) is 5.56 Å². The highest BCUT2D eigenvalue weighted by atomic mass is 16.2. The van der Waals surface area contributed by atoms with E-state index in [9.17, 15) is 14.4 Å². The highest BCUT2D eigenvalue weighted by molar-refractivity contribution is 6.02. The van der Waals surface area contributed by atoms with Crippen LogP contribution in [-0.2, 0) is 20.0 Å². The molecule has 1 aliphatic heterocycles. The molecule has 27 heavy (non-hydrogen) atoms. The van der Waals surface area contributed by atoms with Crippen molar-refractivity contribution >= 4 is 17.3 Å². The van der Waals surface area contributed by atoms with Crippen LogP contribution in [0.25, 0.3) is 0 Å². The van der Waals surface area contributed by atoms with Crippen molar-refractivity contribution < 1.29 is 4.79 Å². The van der Waals surface area contributed by atoms with E-state index in [1.54, 1.807) is 0 Å². The number of benzene rings is 1. The van der Waals surface area contributed by atoms with E-state index < -0.39 is 11.2 Å². The van der Waals surface area contributed by atoms with Gasteiger partial charge in [0.1, 0.15) is 11.4 Å². The Morgan fingerprint density at radius 1 is 1.26 bits per heavy atom. The lowest BCUT2D eigenvalue weighted by molar-refractivity contribution is 0.0996. The first-order chi connectivity index (χ1) is 12.8. The van der Waals surface area contributed by atoms with Crippen LogP contribution in [0.3, 0.4) is 0 Å². The SMILES string of the molecule is CCCn1c(N)c(C(=O)CN2CCCc3cc(C)ccc32)c(=O)n(C)c1=O. The predicted molar refractivity (Wildman–Crippen MR) is 107 cm³/mol. The molecule has 1 aromatic carbocycles. The highest BCUT2D eigenvalue weighted by Gasteiger charge is 2.25. The third-order valence-corrected chi connectivity index (χ3v) is 5.09. The smallest absolute Gasteiger partial charge is 0.332 e. The molecular weight excluding hydrogens is 344 g/mol. The number of nitrogens with two attached hydrogens (primary N) is 1. The quantitative estimate of drug-likeness (QED) is 0.805. The number of nitrogen functional groups attached to an aromatic ring is 1. The normalized spacial score (nSPS) is 13.5. The van der Waals surface area contributed by atoms with Crippen molar-refractivity contribution in [3.8, 4) is 0 Å². The van der Waals surface area contributed by atoms with Crippen molar-refractivity contribution in [2.45, 2.75) is 39.7 Å². The lowest BCUT2D eigenvalue weighted by Gasteiger charge is -2.31. The standard InChI is InChI=1S/C20H26N4O3/c1-4-9-24-18(21)17(19(26)22(3)20(24)27)16(25)12-23-10-5-6-14-11-13(2)7-8-15(14)23/h7-8,11H,4-6,9-10,12,21H2,1-3H3. The Bertz CT molecular complexity index is 1000. The van der Waals surface area contributed by atoms with Gasteiger partial charge in [-0.25, -0.2) is 4.79 Å². The number of aromatic nitrogens is 2. The van der Waals surface area contributed by atoms with E-state index in [0.717, 1.165) is 29.6 Å². The first kappa shape index (κ1) is 18.9. The number of fused-ring (bicyclic) bond motifs is 1. The minimum atomic E-state index is -0.629. The Hall–Kier alpha value is -2.83. The molecule has 0 spiro atoms. The Morgan fingerprint density at radius 3 is 2.70 bits per heavy atom. The second-order valence-corrected chi connectivity index (χ2v) is 7.14. The number of anilines is 2. The monoisotopic (exact) mass is 370 g/mol. The van der Waals surface area contributed by atoms with E-state index >= 15 is 0 Å². The number of carbonyl (C=O) groups excluding carboxylic acids is 1. The molecule has 2 heterocycles. The number of hydrogen-bond acceptors (Lipinski definition) is 5. The summed E-state index contributed by atoms with van der Waals surface area (Å²) < 4.78 is 2.27. The molecule has 0 bridgehead atoms. The summed E-state index contributed by atoms with van der Waals surface area (Å²) in [6.07, 6.45) is 2.61. The maximum atomic E-state index is 13.0. The first-order valence-electron chi connectivity index (χ1n) is 9.32. The molecule has 144 valence electrons. The van der Waals surface area contributed by atoms with Crippen LogP contribution in [0.4, 0.5) is 11.5 Å². The molecule has 7 heteroatoms. The Morgan fingerprint density at radius 2 is 2.00 bits per heavy atom. The molecule has 2 aromatic rings. The summed E-state index contributed by atoms with van der Waals surface area (Å²) >= 11 is 0. The molecule has 0 saturated carbocycles. The van der Waals surface area contributed by atoms with Gasteiger partial charge < -0.3 is 10.6 Å². The van der Waals surface area contributed by atoms with E-state index in [-0.39, 0.29) is 23.7 Å². The maximum Gasteiger partial charge on any atom is 0.332 e. The van der Waals surface area contributed by atoms with E-state index in [1.165, 1.54) is 22.7 Å². The van der Waals surface area contributed by atoms with Gasteiger partial charge in [-0.15, -0.1) is 0 Å². The third kappa shape index (κ3) is 3.41. The van der Waals surface area contributed by atoms with Crippen LogP contribution < -0.4 is 21.9 Å². The summed E-state index contributed by atoms with van der Waals surface area (Å²) in [6.45, 7) is 5.14. The minimum absolute atomic E-state index is 0.0314. The second-order valence-electron chi connectivity index (χ2n) is 7.14. The predicted octanol–water partition coefficient (Wildman–Crippen LogP) is 1.48. The van der Waals surface area contributed by atoms with Crippen molar-refractivity contribution in [3.05, 3.63) is 55.7 Å². The van der Waals surface area contributed by atoms with E-state index in [2.05, 4.69) is 6.07 Å². The molecule has 1 aromatic heterocycles. The zero-order valence-corrected chi connectivity index (χ0v) is 16.1. The average Bonchev–Trinajstić information content (AvgIpc) is 2.63. The first-order valence-corrected chi connectivity index (χ1v) is 9.32. The molecule has 0 radical (unpaired) electrons. The topological polar surface area (TPSA) is 90.3 Å². The number of Topliss-reactive ketones (excluding diaryl/α,β-unsaturated/α-hetero) is 1. The van der Waals surface area contributed by atoms with Gasteiger partial charge in [-0.3, -0.25) is 18.7 Å². The number of nitrogens with zero attached hydrogens (tertiary/aromatic N) is 3. The second kappa shape index (κ2) is 7.42. The molecule has 0 amide bonds. The molecule has 3 rings (SSSR count). The van der Waals surface area contributed by atoms with Crippen molar-refractivity contribution in [1.82, 2.24) is 9.13 Å². The molecule has 7 nitrogen and oxygen atoms in total. The van der Waals surface area contributed by atoms with Gasteiger partial charge >= 0.3 is 5.69 Å². The van der Waals surface area contributed by atoms with Crippen LogP contribution in [0.1, 0.15) is 41.3 Å². The average molecular weight is 370 g/mol. The zero-order chi connectivity index (χ0) is 19.7. The summed E-state index contributed by atoms with van der Waals surface area (Å²) in [7, 11) is 1.38. The molecule has 2 N–H and O–H groups in total. The number of hydrogen-bond donors (Lipinski definition) is 1. The molecule has 0 aliphatic carbocycles. The number of rotatable bonds is 5. The lowest BCUT2D eigenvalue weighted by Crippen LogP contribution is -2.44. The Labute approximate surface area is 158 Å². The van der Waals surface area contributed by atoms with Gasteiger partial charge in [0.05, 0.1) is 6.54 Å². The molecule has 0 fully saturated rings. The number of ketones is 1. The van der Waals surface area contributed by atoms with Crippen LogP contribution >= 0.6 is 0 Å². The molecule has 0 saturated heterocycles. The van der Waals surface area contributed by atoms with Gasteiger partial charge in [0, 0.05) is 25.8 Å². The Kier molecular flexibility index (Phi) is 5.21.